The average molecular weight is 464 g/mol. The first-order chi connectivity index (χ1) is 16.6. The average Bonchev–Trinajstić information content (AvgIpc) is 3.26. The summed E-state index contributed by atoms with van der Waals surface area (Å²) in [7, 11) is 1.39. The van der Waals surface area contributed by atoms with E-state index in [1.807, 2.05) is 36.4 Å². The van der Waals surface area contributed by atoms with Gasteiger partial charge in [-0.3, -0.25) is 4.79 Å². The van der Waals surface area contributed by atoms with E-state index in [1.54, 1.807) is 4.90 Å². The molecule has 3 heterocycles. The lowest BCUT2D eigenvalue weighted by Gasteiger charge is -2.27. The lowest BCUT2D eigenvalue weighted by molar-refractivity contribution is -0.139. The standard InChI is InChI=1S/C26H29N3O5/c1-33-26(32)28-12-11-18-9-10-22-23(20(18)14-28)27-24(19-8-5-13-34-16-19)29(22)15-21(25(30)31)17-6-3-2-4-7-17/h2-4,6-7,9-10,19,21H,5,8,11-16H2,1H3,(H,30,31)/t19-,21+/m1/s1. The van der Waals surface area contributed by atoms with Gasteiger partial charge in [0.2, 0.25) is 0 Å². The summed E-state index contributed by atoms with van der Waals surface area (Å²) in [6, 6.07) is 13.5. The van der Waals surface area contributed by atoms with Crippen LogP contribution in [-0.4, -0.2) is 58.5 Å². The summed E-state index contributed by atoms with van der Waals surface area (Å²) in [6.45, 7) is 2.62. The van der Waals surface area contributed by atoms with E-state index in [9.17, 15) is 14.7 Å². The van der Waals surface area contributed by atoms with Gasteiger partial charge in [-0.1, -0.05) is 36.4 Å². The van der Waals surface area contributed by atoms with E-state index in [0.717, 1.165) is 53.9 Å². The van der Waals surface area contributed by atoms with Crippen LogP contribution in [0, 0.1) is 0 Å². The maximum absolute atomic E-state index is 12.3. The molecule has 1 N–H and O–H groups in total. The number of amides is 1. The zero-order valence-corrected chi connectivity index (χ0v) is 19.3. The van der Waals surface area contributed by atoms with E-state index >= 15 is 0 Å². The Kier molecular flexibility index (Phi) is 6.24. The summed E-state index contributed by atoms with van der Waals surface area (Å²) in [6.07, 6.45) is 2.28. The lowest BCUT2D eigenvalue weighted by atomic mass is 9.97. The molecule has 1 amide bonds. The molecule has 0 spiro atoms. The first-order valence-corrected chi connectivity index (χ1v) is 11.8. The summed E-state index contributed by atoms with van der Waals surface area (Å²) >= 11 is 0. The third-order valence-corrected chi connectivity index (χ3v) is 6.98. The Bertz CT molecular complexity index is 1200. The number of benzene rings is 2. The van der Waals surface area contributed by atoms with Gasteiger partial charge in [-0.25, -0.2) is 9.78 Å². The van der Waals surface area contributed by atoms with Gasteiger partial charge in [0, 0.05) is 31.2 Å². The highest BCUT2D eigenvalue weighted by Crippen LogP contribution is 2.34. The van der Waals surface area contributed by atoms with Crippen molar-refractivity contribution in [3.05, 3.63) is 65.0 Å². The van der Waals surface area contributed by atoms with E-state index in [2.05, 4.69) is 10.6 Å². The predicted molar refractivity (Wildman–Crippen MR) is 126 cm³/mol. The quantitative estimate of drug-likeness (QED) is 0.616. The molecule has 0 radical (unpaired) electrons. The van der Waals surface area contributed by atoms with Crippen LogP contribution in [0.5, 0.6) is 0 Å². The third kappa shape index (κ3) is 4.14. The Hall–Kier alpha value is -3.39. The predicted octanol–water partition coefficient (Wildman–Crippen LogP) is 3.92. The molecule has 2 aliphatic heterocycles. The van der Waals surface area contributed by atoms with E-state index in [1.165, 1.54) is 12.7 Å². The molecule has 2 aliphatic rings. The van der Waals surface area contributed by atoms with Crippen molar-refractivity contribution in [1.82, 2.24) is 14.5 Å². The molecule has 1 saturated heterocycles. The summed E-state index contributed by atoms with van der Waals surface area (Å²) in [4.78, 5) is 31.3. The fraction of sp³-hybridized carbons (Fsp3) is 0.423. The molecule has 5 rings (SSSR count). The number of hydrogen-bond acceptors (Lipinski definition) is 5. The normalized spacial score (nSPS) is 19.0. The van der Waals surface area contributed by atoms with E-state index in [4.69, 9.17) is 14.5 Å². The molecule has 1 fully saturated rings. The van der Waals surface area contributed by atoms with Crippen LogP contribution in [0.25, 0.3) is 11.0 Å². The van der Waals surface area contributed by atoms with Gasteiger partial charge in [0.25, 0.3) is 0 Å². The van der Waals surface area contributed by atoms with Crippen LogP contribution < -0.4 is 0 Å². The van der Waals surface area contributed by atoms with E-state index in [-0.39, 0.29) is 18.6 Å². The minimum absolute atomic E-state index is 0.0994. The van der Waals surface area contributed by atoms with Gasteiger partial charge < -0.3 is 24.0 Å². The molecular weight excluding hydrogens is 434 g/mol. The van der Waals surface area contributed by atoms with Crippen LogP contribution in [0.15, 0.2) is 42.5 Å². The first-order valence-electron chi connectivity index (χ1n) is 11.8. The number of nitrogens with zero attached hydrogens (tertiary/aromatic N) is 3. The second kappa shape index (κ2) is 9.46. The Balaban J connectivity index is 1.62. The fourth-order valence-electron chi connectivity index (χ4n) is 5.17. The molecule has 8 heteroatoms. The number of ether oxygens (including phenoxy) is 2. The van der Waals surface area contributed by atoms with E-state index < -0.39 is 11.9 Å². The number of aromatic nitrogens is 2. The number of carboxylic acids is 1. The van der Waals surface area contributed by atoms with Crippen LogP contribution >= 0.6 is 0 Å². The number of carbonyl (C=O) groups is 2. The number of methoxy groups -OCH3 is 1. The molecule has 0 unspecified atom stereocenters. The molecular formula is C26H29N3O5. The maximum atomic E-state index is 12.3. The van der Waals surface area contributed by atoms with Gasteiger partial charge in [0.15, 0.2) is 0 Å². The molecule has 2 aromatic carbocycles. The molecule has 8 nitrogen and oxygen atoms in total. The highest BCUT2D eigenvalue weighted by atomic mass is 16.5. The largest absolute Gasteiger partial charge is 0.481 e. The molecule has 1 aromatic heterocycles. The Morgan fingerprint density at radius 3 is 2.76 bits per heavy atom. The second-order valence-corrected chi connectivity index (χ2v) is 9.01. The van der Waals surface area contributed by atoms with Crippen LogP contribution in [-0.2, 0) is 33.8 Å². The minimum atomic E-state index is -0.867. The van der Waals surface area contributed by atoms with Crippen molar-refractivity contribution in [2.75, 3.05) is 26.9 Å². The Labute approximate surface area is 198 Å². The topological polar surface area (TPSA) is 93.9 Å². The monoisotopic (exact) mass is 463 g/mol. The van der Waals surface area contributed by atoms with Gasteiger partial charge >= 0.3 is 12.1 Å². The second-order valence-electron chi connectivity index (χ2n) is 9.01. The smallest absolute Gasteiger partial charge is 0.409 e. The molecule has 34 heavy (non-hydrogen) atoms. The fourth-order valence-corrected chi connectivity index (χ4v) is 5.17. The number of fused-ring (bicyclic) bond motifs is 3. The minimum Gasteiger partial charge on any atom is -0.481 e. The SMILES string of the molecule is COC(=O)N1CCc2ccc3c(nc([C@@H]4CCCOC4)n3C[C@H](C(=O)O)c3ccccc3)c2C1. The number of carboxylic acid groups (broad SMARTS) is 1. The number of hydrogen-bond donors (Lipinski definition) is 1. The van der Waals surface area contributed by atoms with Crippen LogP contribution in [0.3, 0.4) is 0 Å². The van der Waals surface area contributed by atoms with Gasteiger partial charge in [-0.2, -0.15) is 0 Å². The van der Waals surface area contributed by atoms with E-state index in [0.29, 0.717) is 19.7 Å². The Morgan fingerprint density at radius 2 is 2.06 bits per heavy atom. The molecule has 3 aromatic rings. The van der Waals surface area contributed by atoms with Crippen molar-refractivity contribution in [3.8, 4) is 0 Å². The Morgan fingerprint density at radius 1 is 1.24 bits per heavy atom. The number of aliphatic carboxylic acids is 1. The van der Waals surface area contributed by atoms with Gasteiger partial charge in [0.1, 0.15) is 5.82 Å². The summed E-state index contributed by atoms with van der Waals surface area (Å²) < 4.78 is 12.8. The van der Waals surface area contributed by atoms with Gasteiger partial charge in [-0.15, -0.1) is 0 Å². The molecule has 2 atom stereocenters. The summed E-state index contributed by atoms with van der Waals surface area (Å²) in [5.41, 5.74) is 4.67. The van der Waals surface area contributed by atoms with Crippen LogP contribution in [0.1, 0.15) is 47.2 Å². The van der Waals surface area contributed by atoms with Crippen molar-refractivity contribution in [2.24, 2.45) is 0 Å². The van der Waals surface area contributed by atoms with Crippen molar-refractivity contribution >= 4 is 23.1 Å². The highest BCUT2D eigenvalue weighted by Gasteiger charge is 2.30. The number of rotatable bonds is 5. The molecule has 0 bridgehead atoms. The van der Waals surface area contributed by atoms with Crippen molar-refractivity contribution in [2.45, 2.75) is 44.2 Å². The van der Waals surface area contributed by atoms with Gasteiger partial charge in [0.05, 0.1) is 37.2 Å². The maximum Gasteiger partial charge on any atom is 0.409 e. The van der Waals surface area contributed by atoms with Crippen molar-refractivity contribution < 1.29 is 24.2 Å². The molecule has 0 saturated carbocycles. The van der Waals surface area contributed by atoms with Crippen molar-refractivity contribution in [1.29, 1.82) is 0 Å². The van der Waals surface area contributed by atoms with Crippen molar-refractivity contribution in [3.63, 3.8) is 0 Å². The van der Waals surface area contributed by atoms with Gasteiger partial charge in [-0.05, 0) is 36.5 Å². The third-order valence-electron chi connectivity index (χ3n) is 6.98. The summed E-state index contributed by atoms with van der Waals surface area (Å²) in [5.74, 6) is -0.610. The highest BCUT2D eigenvalue weighted by molar-refractivity contribution is 5.83. The molecule has 0 aliphatic carbocycles. The van der Waals surface area contributed by atoms with Crippen LogP contribution in [0.2, 0.25) is 0 Å². The summed E-state index contributed by atoms with van der Waals surface area (Å²) in [5, 5.41) is 10.1. The lowest BCUT2D eigenvalue weighted by Crippen LogP contribution is -2.35. The number of carbonyl (C=O) groups excluding carboxylic acids is 1. The first kappa shape index (κ1) is 22.4. The zero-order valence-electron chi connectivity index (χ0n) is 19.3. The zero-order chi connectivity index (χ0) is 23.7. The number of imidazole rings is 1. The molecule has 178 valence electrons. The van der Waals surface area contributed by atoms with Crippen LogP contribution in [0.4, 0.5) is 4.79 Å².